The second-order valence-electron chi connectivity index (χ2n) is 3.62. The van der Waals surface area contributed by atoms with Crippen LogP contribution in [0.25, 0.3) is 0 Å². The van der Waals surface area contributed by atoms with Crippen molar-refractivity contribution in [3.8, 4) is 0 Å². The van der Waals surface area contributed by atoms with Crippen LogP contribution in [0.4, 0.5) is 16.2 Å². The lowest BCUT2D eigenvalue weighted by Crippen LogP contribution is -2.37. The number of nitrogens with zero attached hydrogens (tertiary/aromatic N) is 3. The lowest BCUT2D eigenvalue weighted by Gasteiger charge is -2.26. The first kappa shape index (κ1) is 12.0. The van der Waals surface area contributed by atoms with Crippen LogP contribution in [0.3, 0.4) is 0 Å². The van der Waals surface area contributed by atoms with Gasteiger partial charge in [-0.15, -0.1) is 0 Å². The van der Waals surface area contributed by atoms with E-state index >= 15 is 0 Å². The summed E-state index contributed by atoms with van der Waals surface area (Å²) in [6.07, 6.45) is 1.14. The predicted molar refractivity (Wildman–Crippen MR) is 60.6 cm³/mol. The molecule has 1 fully saturated rings. The molecule has 0 amide bonds. The van der Waals surface area contributed by atoms with Gasteiger partial charge in [0.2, 0.25) is 5.95 Å². The van der Waals surface area contributed by atoms with Crippen LogP contribution in [-0.2, 0) is 4.74 Å². The maximum atomic E-state index is 13.3. The van der Waals surface area contributed by atoms with Gasteiger partial charge in [0.05, 0.1) is 26.0 Å². The smallest absolute Gasteiger partial charge is 0.227 e. The van der Waals surface area contributed by atoms with E-state index in [4.69, 9.17) is 9.84 Å². The minimum absolute atomic E-state index is 0.0731. The molecule has 0 radical (unpaired) electrons. The van der Waals surface area contributed by atoms with Gasteiger partial charge in [-0.05, 0) is 0 Å². The van der Waals surface area contributed by atoms with E-state index in [2.05, 4.69) is 15.3 Å². The molecule has 7 heteroatoms. The highest BCUT2D eigenvalue weighted by molar-refractivity contribution is 5.42. The molecular weight excluding hydrogens is 227 g/mol. The third kappa shape index (κ3) is 3.01. The van der Waals surface area contributed by atoms with Crippen molar-refractivity contribution in [3.63, 3.8) is 0 Å². The van der Waals surface area contributed by atoms with Crippen molar-refractivity contribution < 1.29 is 14.2 Å². The number of rotatable bonds is 4. The first-order valence-electron chi connectivity index (χ1n) is 5.51. The van der Waals surface area contributed by atoms with Gasteiger partial charge in [0.25, 0.3) is 0 Å². The minimum Gasteiger partial charge on any atom is -0.395 e. The van der Waals surface area contributed by atoms with Crippen LogP contribution in [-0.4, -0.2) is 54.5 Å². The maximum absolute atomic E-state index is 13.3. The average Bonchev–Trinajstić information content (AvgIpc) is 2.39. The van der Waals surface area contributed by atoms with Crippen LogP contribution in [0.5, 0.6) is 0 Å². The normalized spacial score (nSPS) is 16.0. The molecule has 0 saturated carbocycles. The zero-order valence-corrected chi connectivity index (χ0v) is 9.40. The molecule has 0 atom stereocenters. The highest BCUT2D eigenvalue weighted by Crippen LogP contribution is 2.15. The summed E-state index contributed by atoms with van der Waals surface area (Å²) >= 11 is 0. The summed E-state index contributed by atoms with van der Waals surface area (Å²) in [6, 6.07) is 0. The number of ether oxygens (including phenoxy) is 1. The van der Waals surface area contributed by atoms with E-state index in [-0.39, 0.29) is 19.0 Å². The summed E-state index contributed by atoms with van der Waals surface area (Å²) in [5.74, 6) is 0.0844. The van der Waals surface area contributed by atoms with Crippen molar-refractivity contribution in [2.75, 3.05) is 49.7 Å². The third-order valence-corrected chi connectivity index (χ3v) is 2.43. The summed E-state index contributed by atoms with van der Waals surface area (Å²) in [5, 5.41) is 11.4. The average molecular weight is 242 g/mol. The number of anilines is 2. The quantitative estimate of drug-likeness (QED) is 0.765. The molecule has 0 unspecified atom stereocenters. The Balaban J connectivity index is 2.11. The van der Waals surface area contributed by atoms with Crippen molar-refractivity contribution in [2.45, 2.75) is 0 Å². The number of nitrogens with one attached hydrogen (secondary N) is 1. The van der Waals surface area contributed by atoms with Gasteiger partial charge >= 0.3 is 0 Å². The van der Waals surface area contributed by atoms with E-state index in [9.17, 15) is 4.39 Å². The molecule has 1 saturated heterocycles. The number of aliphatic hydroxyl groups excluding tert-OH is 1. The molecule has 1 aliphatic heterocycles. The number of hydrogen-bond donors (Lipinski definition) is 2. The van der Waals surface area contributed by atoms with E-state index in [1.165, 1.54) is 0 Å². The van der Waals surface area contributed by atoms with Gasteiger partial charge in [-0.1, -0.05) is 0 Å². The fourth-order valence-corrected chi connectivity index (χ4v) is 1.57. The number of aromatic nitrogens is 2. The molecule has 1 aliphatic rings. The van der Waals surface area contributed by atoms with Crippen molar-refractivity contribution >= 4 is 11.8 Å². The van der Waals surface area contributed by atoms with Crippen LogP contribution >= 0.6 is 0 Å². The van der Waals surface area contributed by atoms with Crippen molar-refractivity contribution in [3.05, 3.63) is 12.0 Å². The Morgan fingerprint density at radius 2 is 2.24 bits per heavy atom. The Kier molecular flexibility index (Phi) is 4.05. The Morgan fingerprint density at radius 3 is 2.94 bits per heavy atom. The van der Waals surface area contributed by atoms with Gasteiger partial charge < -0.3 is 20.1 Å². The summed E-state index contributed by atoms with van der Waals surface area (Å²) in [4.78, 5) is 9.99. The topological polar surface area (TPSA) is 70.5 Å². The molecule has 17 heavy (non-hydrogen) atoms. The lowest BCUT2D eigenvalue weighted by atomic mass is 10.4. The largest absolute Gasteiger partial charge is 0.395 e. The zero-order chi connectivity index (χ0) is 12.1. The molecule has 0 spiro atoms. The molecule has 94 valence electrons. The molecule has 2 N–H and O–H groups in total. The summed E-state index contributed by atoms with van der Waals surface area (Å²) in [7, 11) is 0. The van der Waals surface area contributed by atoms with Crippen LogP contribution < -0.4 is 10.2 Å². The highest BCUT2D eigenvalue weighted by atomic mass is 19.1. The maximum Gasteiger partial charge on any atom is 0.227 e. The van der Waals surface area contributed by atoms with Crippen molar-refractivity contribution in [2.24, 2.45) is 0 Å². The van der Waals surface area contributed by atoms with E-state index in [1.54, 1.807) is 0 Å². The standard InChI is InChI=1S/C10H15FN4O2/c11-8-7-13-10(14-9(8)12-1-4-16)15-2-5-17-6-3-15/h7,16H,1-6H2,(H,12,13,14). The molecule has 6 nitrogen and oxygen atoms in total. The van der Waals surface area contributed by atoms with Crippen LogP contribution in [0, 0.1) is 5.82 Å². The predicted octanol–water partition coefficient (Wildman–Crippen LogP) is -0.144. The first-order chi connectivity index (χ1) is 8.31. The van der Waals surface area contributed by atoms with E-state index in [1.807, 2.05) is 4.90 Å². The van der Waals surface area contributed by atoms with Crippen LogP contribution in [0.15, 0.2) is 6.20 Å². The Hall–Kier alpha value is -1.47. The van der Waals surface area contributed by atoms with E-state index in [0.29, 0.717) is 32.3 Å². The second-order valence-corrected chi connectivity index (χ2v) is 3.62. The highest BCUT2D eigenvalue weighted by Gasteiger charge is 2.15. The van der Waals surface area contributed by atoms with Gasteiger partial charge in [-0.2, -0.15) is 4.98 Å². The Bertz CT molecular complexity index is 371. The van der Waals surface area contributed by atoms with Crippen molar-refractivity contribution in [1.82, 2.24) is 9.97 Å². The molecular formula is C10H15FN4O2. The van der Waals surface area contributed by atoms with Gasteiger partial charge in [0.1, 0.15) is 0 Å². The Labute approximate surface area is 98.4 Å². The van der Waals surface area contributed by atoms with Crippen LogP contribution in [0.1, 0.15) is 0 Å². The van der Waals surface area contributed by atoms with E-state index in [0.717, 1.165) is 6.20 Å². The molecule has 2 rings (SSSR count). The van der Waals surface area contributed by atoms with Gasteiger partial charge in [0.15, 0.2) is 11.6 Å². The first-order valence-corrected chi connectivity index (χ1v) is 5.51. The fourth-order valence-electron chi connectivity index (χ4n) is 1.57. The zero-order valence-electron chi connectivity index (χ0n) is 9.40. The number of hydrogen-bond acceptors (Lipinski definition) is 6. The van der Waals surface area contributed by atoms with Crippen molar-refractivity contribution in [1.29, 1.82) is 0 Å². The van der Waals surface area contributed by atoms with Crippen LogP contribution in [0.2, 0.25) is 0 Å². The lowest BCUT2D eigenvalue weighted by molar-refractivity contribution is 0.122. The SMILES string of the molecule is OCCNc1nc(N2CCOCC2)ncc1F. The monoisotopic (exact) mass is 242 g/mol. The summed E-state index contributed by atoms with van der Waals surface area (Å²) < 4.78 is 18.6. The molecule has 2 heterocycles. The van der Waals surface area contributed by atoms with Gasteiger partial charge in [0, 0.05) is 19.6 Å². The minimum atomic E-state index is -0.518. The molecule has 1 aromatic rings. The van der Waals surface area contributed by atoms with Gasteiger partial charge in [-0.25, -0.2) is 9.37 Å². The second kappa shape index (κ2) is 5.74. The molecule has 0 aliphatic carbocycles. The molecule has 0 bridgehead atoms. The molecule has 1 aromatic heterocycles. The van der Waals surface area contributed by atoms with Gasteiger partial charge in [-0.3, -0.25) is 0 Å². The number of morpholine rings is 1. The van der Waals surface area contributed by atoms with E-state index < -0.39 is 5.82 Å². The Morgan fingerprint density at radius 1 is 1.47 bits per heavy atom. The number of aliphatic hydroxyl groups is 1. The summed E-state index contributed by atoms with van der Waals surface area (Å²) in [6.45, 7) is 2.84. The number of halogens is 1. The fraction of sp³-hybridized carbons (Fsp3) is 0.600. The molecule has 0 aromatic carbocycles. The summed E-state index contributed by atoms with van der Waals surface area (Å²) in [5.41, 5.74) is 0. The third-order valence-electron chi connectivity index (χ3n) is 2.43.